The summed E-state index contributed by atoms with van der Waals surface area (Å²) in [6.45, 7) is 2.03. The van der Waals surface area contributed by atoms with Crippen molar-refractivity contribution in [3.63, 3.8) is 0 Å². The van der Waals surface area contributed by atoms with Crippen LogP contribution in [0.1, 0.15) is 21.7 Å². The number of hydrogen-bond acceptors (Lipinski definition) is 9. The lowest BCUT2D eigenvalue weighted by Gasteiger charge is -2.15. The number of aryl methyl sites for hydroxylation is 1. The number of amides is 2. The lowest BCUT2D eigenvalue weighted by Crippen LogP contribution is -2.24. The minimum atomic E-state index is -0.233. The van der Waals surface area contributed by atoms with Crippen LogP contribution in [-0.2, 0) is 11.3 Å². The maximum absolute atomic E-state index is 12.7. The lowest BCUT2D eigenvalue weighted by molar-refractivity contribution is -0.113. The van der Waals surface area contributed by atoms with Gasteiger partial charge in [0.1, 0.15) is 11.5 Å². The second kappa shape index (κ2) is 11.7. The fraction of sp³-hybridized carbons (Fsp3) is 0.208. The molecule has 4 rings (SSSR count). The van der Waals surface area contributed by atoms with Gasteiger partial charge in [-0.1, -0.05) is 29.5 Å². The summed E-state index contributed by atoms with van der Waals surface area (Å²) in [5, 5.41) is 17.0. The minimum absolute atomic E-state index is 0.0830. The minimum Gasteiger partial charge on any atom is -0.497 e. The summed E-state index contributed by atoms with van der Waals surface area (Å²) in [6, 6.07) is 12.7. The molecule has 2 heterocycles. The molecule has 0 aliphatic rings. The molecule has 4 aromatic rings. The smallest absolute Gasteiger partial charge is 0.251 e. The fourth-order valence-electron chi connectivity index (χ4n) is 3.34. The van der Waals surface area contributed by atoms with E-state index in [1.165, 1.54) is 23.1 Å². The van der Waals surface area contributed by atoms with Crippen molar-refractivity contribution in [3.05, 3.63) is 71.0 Å². The van der Waals surface area contributed by atoms with Gasteiger partial charge in [-0.3, -0.25) is 14.2 Å². The summed E-state index contributed by atoms with van der Waals surface area (Å²) in [4.78, 5) is 29.2. The molecule has 0 spiro atoms. The molecule has 2 aromatic carbocycles. The predicted octanol–water partition coefficient (Wildman–Crippen LogP) is 3.71. The lowest BCUT2D eigenvalue weighted by atomic mass is 10.1. The van der Waals surface area contributed by atoms with E-state index in [4.69, 9.17) is 9.47 Å². The topological polar surface area (TPSA) is 120 Å². The van der Waals surface area contributed by atoms with Gasteiger partial charge in [0.2, 0.25) is 5.91 Å². The molecule has 2 N–H and O–H groups in total. The number of nitrogens with zero attached hydrogens (tertiary/aromatic N) is 4. The van der Waals surface area contributed by atoms with E-state index in [2.05, 4.69) is 25.8 Å². The van der Waals surface area contributed by atoms with Crippen LogP contribution in [-0.4, -0.2) is 51.5 Å². The molecule has 0 saturated heterocycles. The highest BCUT2D eigenvalue weighted by atomic mass is 32.2. The van der Waals surface area contributed by atoms with Gasteiger partial charge in [-0.25, -0.2) is 4.98 Å². The molecule has 10 nitrogen and oxygen atoms in total. The molecule has 0 saturated carbocycles. The second-order valence-electron chi connectivity index (χ2n) is 7.50. The summed E-state index contributed by atoms with van der Waals surface area (Å²) < 4.78 is 12.7. The molecule has 0 unspecified atom stereocenters. The van der Waals surface area contributed by atoms with E-state index in [0.717, 1.165) is 5.56 Å². The molecule has 0 radical (unpaired) electrons. The van der Waals surface area contributed by atoms with E-state index in [1.54, 1.807) is 54.6 Å². The van der Waals surface area contributed by atoms with Crippen LogP contribution in [0.15, 0.2) is 59.2 Å². The average Bonchev–Trinajstić information content (AvgIpc) is 3.55. The molecule has 186 valence electrons. The third-order valence-corrected chi connectivity index (χ3v) is 6.64. The maximum atomic E-state index is 12.7. The van der Waals surface area contributed by atoms with Crippen molar-refractivity contribution in [3.8, 4) is 17.2 Å². The van der Waals surface area contributed by atoms with Crippen LogP contribution in [0.5, 0.6) is 11.5 Å². The maximum Gasteiger partial charge on any atom is 0.251 e. The number of ether oxygens (including phenoxy) is 2. The molecule has 0 bridgehead atoms. The quantitative estimate of drug-likeness (QED) is 0.301. The normalized spacial score (nSPS) is 10.6. The van der Waals surface area contributed by atoms with Gasteiger partial charge in [-0.2, -0.15) is 0 Å². The summed E-state index contributed by atoms with van der Waals surface area (Å²) in [7, 11) is 3.13. The fourth-order valence-corrected chi connectivity index (χ4v) is 4.65. The van der Waals surface area contributed by atoms with Crippen LogP contribution in [0.3, 0.4) is 0 Å². The third kappa shape index (κ3) is 6.01. The number of benzene rings is 2. The van der Waals surface area contributed by atoms with Gasteiger partial charge in [0.05, 0.1) is 32.2 Å². The predicted molar refractivity (Wildman–Crippen MR) is 138 cm³/mol. The van der Waals surface area contributed by atoms with E-state index >= 15 is 0 Å². The Morgan fingerprint density at radius 2 is 1.97 bits per heavy atom. The zero-order chi connectivity index (χ0) is 25.5. The van der Waals surface area contributed by atoms with Crippen LogP contribution in [0, 0.1) is 6.92 Å². The average molecular weight is 525 g/mol. The van der Waals surface area contributed by atoms with Gasteiger partial charge in [-0.05, 0) is 31.2 Å². The first-order valence-electron chi connectivity index (χ1n) is 10.8. The summed E-state index contributed by atoms with van der Waals surface area (Å²) in [5.41, 5.74) is 2.15. The molecule has 2 aromatic heterocycles. The van der Waals surface area contributed by atoms with Crippen LogP contribution >= 0.6 is 23.1 Å². The molecule has 0 atom stereocenters. The zero-order valence-electron chi connectivity index (χ0n) is 19.8. The van der Waals surface area contributed by atoms with Crippen LogP contribution in [0.25, 0.3) is 5.69 Å². The van der Waals surface area contributed by atoms with Crippen molar-refractivity contribution in [2.24, 2.45) is 0 Å². The first-order valence-corrected chi connectivity index (χ1v) is 12.7. The summed E-state index contributed by atoms with van der Waals surface area (Å²) in [5.74, 6) is 1.24. The molecular formula is C24H24N6O4S2. The van der Waals surface area contributed by atoms with Crippen molar-refractivity contribution in [1.29, 1.82) is 0 Å². The number of methoxy groups -OCH3 is 2. The number of thioether (sulfide) groups is 1. The highest BCUT2D eigenvalue weighted by Gasteiger charge is 2.20. The molecule has 12 heteroatoms. The summed E-state index contributed by atoms with van der Waals surface area (Å²) in [6.07, 6.45) is 1.62. The van der Waals surface area contributed by atoms with Gasteiger partial charge in [0.15, 0.2) is 16.1 Å². The number of thiazole rings is 1. The number of nitrogens with one attached hydrogen (secondary N) is 2. The number of hydrogen-bond donors (Lipinski definition) is 2. The Kier molecular flexibility index (Phi) is 8.18. The Labute approximate surface area is 216 Å². The van der Waals surface area contributed by atoms with Crippen molar-refractivity contribution in [1.82, 2.24) is 25.1 Å². The third-order valence-electron chi connectivity index (χ3n) is 5.03. The monoisotopic (exact) mass is 524 g/mol. The Balaban J connectivity index is 1.61. The Bertz CT molecular complexity index is 1360. The Hall–Kier alpha value is -3.90. The van der Waals surface area contributed by atoms with Crippen LogP contribution in [0.2, 0.25) is 0 Å². The molecule has 0 fully saturated rings. The van der Waals surface area contributed by atoms with Gasteiger partial charge >= 0.3 is 0 Å². The highest BCUT2D eigenvalue weighted by Crippen LogP contribution is 2.32. The van der Waals surface area contributed by atoms with Gasteiger partial charge < -0.3 is 20.1 Å². The highest BCUT2D eigenvalue weighted by molar-refractivity contribution is 7.99. The first-order chi connectivity index (χ1) is 17.5. The summed E-state index contributed by atoms with van der Waals surface area (Å²) >= 11 is 2.54. The van der Waals surface area contributed by atoms with Crippen LogP contribution in [0.4, 0.5) is 5.13 Å². The molecule has 2 amide bonds. The first kappa shape index (κ1) is 25.2. The number of carbonyl (C=O) groups excluding carboxylic acids is 2. The molecule has 36 heavy (non-hydrogen) atoms. The van der Waals surface area contributed by atoms with Crippen molar-refractivity contribution < 1.29 is 19.1 Å². The second-order valence-corrected chi connectivity index (χ2v) is 9.34. The standard InChI is InChI=1S/C24H24N6O4S2/c1-15-5-4-6-16(11-15)22(32)26-13-20-28-29-24(36-14-21(31)27-23-25-9-10-35-23)30(20)18-12-17(33-2)7-8-19(18)34-3/h4-12H,13-14H2,1-3H3,(H,26,32)(H,25,27,31). The van der Waals surface area contributed by atoms with Crippen molar-refractivity contribution >= 4 is 40.0 Å². The van der Waals surface area contributed by atoms with Crippen LogP contribution < -0.4 is 20.1 Å². The van der Waals surface area contributed by atoms with E-state index in [-0.39, 0.29) is 24.1 Å². The molecule has 0 aliphatic carbocycles. The van der Waals surface area contributed by atoms with E-state index in [0.29, 0.717) is 38.9 Å². The Morgan fingerprint density at radius 1 is 1.11 bits per heavy atom. The molecule has 0 aliphatic heterocycles. The van der Waals surface area contributed by atoms with Crippen molar-refractivity contribution in [2.45, 2.75) is 18.6 Å². The van der Waals surface area contributed by atoms with Gasteiger partial charge in [0, 0.05) is 23.2 Å². The van der Waals surface area contributed by atoms with Gasteiger partial charge in [0.25, 0.3) is 5.91 Å². The number of anilines is 1. The Morgan fingerprint density at radius 3 is 2.69 bits per heavy atom. The number of aromatic nitrogens is 4. The number of carbonyl (C=O) groups is 2. The SMILES string of the molecule is COc1ccc(OC)c(-n2c(CNC(=O)c3cccc(C)c3)nnc2SCC(=O)Nc2nccs2)c1. The molecular weight excluding hydrogens is 500 g/mol. The van der Waals surface area contributed by atoms with E-state index < -0.39 is 0 Å². The largest absolute Gasteiger partial charge is 0.497 e. The van der Waals surface area contributed by atoms with Gasteiger partial charge in [-0.15, -0.1) is 21.5 Å². The van der Waals surface area contributed by atoms with Crippen molar-refractivity contribution in [2.75, 3.05) is 25.3 Å². The zero-order valence-corrected chi connectivity index (χ0v) is 21.5. The van der Waals surface area contributed by atoms with E-state index in [9.17, 15) is 9.59 Å². The van der Waals surface area contributed by atoms with E-state index in [1.807, 2.05) is 25.1 Å². The number of rotatable bonds is 10.